The number of ether oxygens (including phenoxy) is 2. The number of hydrogen-bond acceptors (Lipinski definition) is 11. The molecule has 12 heteroatoms. The number of anilines is 3. The molecule has 5 rings (SSSR count). The molecule has 0 spiro atoms. The zero-order valence-electron chi connectivity index (χ0n) is 23.7. The summed E-state index contributed by atoms with van der Waals surface area (Å²) < 4.78 is 9.58. The van der Waals surface area contributed by atoms with Crippen LogP contribution in [0.1, 0.15) is 37.9 Å². The highest BCUT2D eigenvalue weighted by Crippen LogP contribution is 2.36. The summed E-state index contributed by atoms with van der Waals surface area (Å²) in [7, 11) is 2.42. The summed E-state index contributed by atoms with van der Waals surface area (Å²) in [6.45, 7) is 2.28. The third kappa shape index (κ3) is 6.44. The minimum atomic E-state index is -0.686. The molecule has 0 unspecified atom stereocenters. The van der Waals surface area contributed by atoms with Crippen LogP contribution in [-0.4, -0.2) is 72.1 Å². The first-order valence-electron chi connectivity index (χ1n) is 13.6. The molecule has 0 radical (unpaired) electrons. The second-order valence-corrected chi connectivity index (χ2v) is 9.81. The van der Waals surface area contributed by atoms with E-state index in [1.165, 1.54) is 49.9 Å². The molecule has 1 saturated heterocycles. The number of methoxy groups -OCH3 is 2. The molecule has 0 amide bonds. The van der Waals surface area contributed by atoms with Crippen LogP contribution in [-0.2, 0) is 9.47 Å². The topological polar surface area (TPSA) is 140 Å². The third-order valence-electron chi connectivity index (χ3n) is 7.23. The maximum atomic E-state index is 12.4. The molecule has 0 bridgehead atoms. The van der Waals surface area contributed by atoms with Crippen LogP contribution in [0.5, 0.6) is 0 Å². The number of carbonyl (C=O) groups is 2. The van der Waals surface area contributed by atoms with E-state index >= 15 is 0 Å². The average molecular weight is 583 g/mol. The molecule has 1 aromatic heterocycles. The molecule has 0 atom stereocenters. The number of aromatic nitrogens is 2. The number of carbonyl (C=O) groups excluding carboxylic acids is 2. The van der Waals surface area contributed by atoms with Crippen molar-refractivity contribution in [1.29, 1.82) is 0 Å². The molecule has 12 nitrogen and oxygen atoms in total. The highest BCUT2D eigenvalue weighted by molar-refractivity contribution is 5.97. The summed E-state index contributed by atoms with van der Waals surface area (Å²) in [6.07, 6.45) is 1.25. The first kappa shape index (κ1) is 29.1. The molecular weight excluding hydrogens is 552 g/mol. The van der Waals surface area contributed by atoms with Crippen LogP contribution in [0.3, 0.4) is 0 Å². The smallest absolute Gasteiger partial charge is 0.353 e. The molecule has 2 heterocycles. The van der Waals surface area contributed by atoms with Crippen molar-refractivity contribution in [3.8, 4) is 0 Å². The second kappa shape index (κ2) is 13.1. The maximum absolute atomic E-state index is 12.4. The minimum absolute atomic E-state index is 0.0354. The molecule has 1 N–H and O–H groups in total. The lowest BCUT2D eigenvalue weighted by molar-refractivity contribution is -0.383. The van der Waals surface area contributed by atoms with Crippen LogP contribution in [0.15, 0.2) is 85.2 Å². The monoisotopic (exact) mass is 582 g/mol. The van der Waals surface area contributed by atoms with Gasteiger partial charge in [0.15, 0.2) is 0 Å². The molecule has 220 valence electrons. The fourth-order valence-electron chi connectivity index (χ4n) is 5.25. The normalized spacial score (nSPS) is 13.4. The SMILES string of the molecule is COC(=O)c1cc(Nc2ncnc(N3CCN(C(c4ccccc4)c4ccccc4)CC3)c2[N+](=O)[O-])cc(C(=O)OC)c1. The maximum Gasteiger partial charge on any atom is 0.353 e. The molecule has 1 fully saturated rings. The molecule has 1 aliphatic heterocycles. The predicted octanol–water partition coefficient (Wildman–Crippen LogP) is 4.61. The van der Waals surface area contributed by atoms with E-state index in [4.69, 9.17) is 9.47 Å². The average Bonchev–Trinajstić information content (AvgIpc) is 3.05. The van der Waals surface area contributed by atoms with Crippen molar-refractivity contribution in [3.05, 3.63) is 118 Å². The summed E-state index contributed by atoms with van der Waals surface area (Å²) in [5.74, 6) is -1.28. The molecule has 0 saturated carbocycles. The van der Waals surface area contributed by atoms with Crippen LogP contribution >= 0.6 is 0 Å². The van der Waals surface area contributed by atoms with Gasteiger partial charge in [0.1, 0.15) is 6.33 Å². The summed E-state index contributed by atoms with van der Waals surface area (Å²) >= 11 is 0. The first-order valence-corrected chi connectivity index (χ1v) is 13.6. The molecule has 3 aromatic carbocycles. The highest BCUT2D eigenvalue weighted by atomic mass is 16.6. The van der Waals surface area contributed by atoms with Crippen molar-refractivity contribution in [2.24, 2.45) is 0 Å². The lowest BCUT2D eigenvalue weighted by Crippen LogP contribution is -2.48. The van der Waals surface area contributed by atoms with Crippen molar-refractivity contribution < 1.29 is 24.0 Å². The lowest BCUT2D eigenvalue weighted by Gasteiger charge is -2.40. The number of esters is 2. The van der Waals surface area contributed by atoms with E-state index in [0.717, 1.165) is 0 Å². The highest BCUT2D eigenvalue weighted by Gasteiger charge is 2.32. The first-order chi connectivity index (χ1) is 20.9. The summed E-state index contributed by atoms with van der Waals surface area (Å²) in [5.41, 5.74) is 2.36. The minimum Gasteiger partial charge on any atom is -0.465 e. The van der Waals surface area contributed by atoms with Crippen LogP contribution < -0.4 is 10.2 Å². The van der Waals surface area contributed by atoms with E-state index in [0.29, 0.717) is 26.2 Å². The predicted molar refractivity (Wildman–Crippen MR) is 160 cm³/mol. The van der Waals surface area contributed by atoms with Gasteiger partial charge in [-0.2, -0.15) is 0 Å². The van der Waals surface area contributed by atoms with E-state index in [2.05, 4.69) is 44.5 Å². The zero-order valence-corrected chi connectivity index (χ0v) is 23.7. The number of benzene rings is 3. The Morgan fingerprint density at radius 3 is 1.86 bits per heavy atom. The standard InChI is InChI=1S/C31H30N6O6/c1-42-30(38)23-17-24(31(39)43-2)19-25(18-23)34-28-27(37(40)41)29(33-20-32-28)36-15-13-35(14-16-36)26(21-9-5-3-6-10-21)22-11-7-4-8-12-22/h3-12,17-20,26H,13-16H2,1-2H3,(H,32,33,34). The number of nitro groups is 1. The quantitative estimate of drug-likeness (QED) is 0.168. The van der Waals surface area contributed by atoms with Gasteiger partial charge >= 0.3 is 17.6 Å². The Morgan fingerprint density at radius 1 is 0.837 bits per heavy atom. The van der Waals surface area contributed by atoms with Crippen LogP contribution in [0.25, 0.3) is 0 Å². The van der Waals surface area contributed by atoms with Gasteiger partial charge in [-0.25, -0.2) is 19.6 Å². The van der Waals surface area contributed by atoms with E-state index in [1.54, 1.807) is 0 Å². The Balaban J connectivity index is 1.42. The van der Waals surface area contributed by atoms with E-state index < -0.39 is 16.9 Å². The van der Waals surface area contributed by atoms with Gasteiger partial charge in [0.25, 0.3) is 0 Å². The summed E-state index contributed by atoms with van der Waals surface area (Å²) in [4.78, 5) is 48.9. The van der Waals surface area contributed by atoms with Gasteiger partial charge in [-0.1, -0.05) is 60.7 Å². The third-order valence-corrected chi connectivity index (χ3v) is 7.23. The Hall–Kier alpha value is -5.36. The Kier molecular flexibility index (Phi) is 8.87. The summed E-state index contributed by atoms with van der Waals surface area (Å²) in [6, 6.07) is 24.7. The van der Waals surface area contributed by atoms with Crippen molar-refractivity contribution in [3.63, 3.8) is 0 Å². The van der Waals surface area contributed by atoms with Gasteiger partial charge in [0.05, 0.1) is 36.3 Å². The second-order valence-electron chi connectivity index (χ2n) is 9.81. The number of piperazine rings is 1. The Labute approximate surface area is 248 Å². The van der Waals surface area contributed by atoms with Crippen LogP contribution in [0, 0.1) is 10.1 Å². The summed E-state index contributed by atoms with van der Waals surface area (Å²) in [5, 5.41) is 15.3. The van der Waals surface area contributed by atoms with Gasteiger partial charge in [-0.05, 0) is 29.3 Å². The lowest BCUT2D eigenvalue weighted by atomic mass is 9.96. The molecule has 4 aromatic rings. The van der Waals surface area contributed by atoms with Gasteiger partial charge < -0.3 is 19.7 Å². The fraction of sp³-hybridized carbons (Fsp3) is 0.226. The van der Waals surface area contributed by atoms with Crippen molar-refractivity contribution in [1.82, 2.24) is 14.9 Å². The molecule has 0 aliphatic carbocycles. The number of hydrogen-bond donors (Lipinski definition) is 1. The van der Waals surface area contributed by atoms with Crippen molar-refractivity contribution >= 4 is 34.9 Å². The van der Waals surface area contributed by atoms with Gasteiger partial charge in [-0.15, -0.1) is 0 Å². The molecule has 1 aliphatic rings. The van der Waals surface area contributed by atoms with Gasteiger partial charge in [0, 0.05) is 31.9 Å². The fourth-order valence-corrected chi connectivity index (χ4v) is 5.25. The van der Waals surface area contributed by atoms with E-state index in [9.17, 15) is 19.7 Å². The van der Waals surface area contributed by atoms with Crippen molar-refractivity contribution in [2.45, 2.75) is 6.04 Å². The van der Waals surface area contributed by atoms with Crippen LogP contribution in [0.4, 0.5) is 23.0 Å². The Bertz CT molecular complexity index is 1540. The largest absolute Gasteiger partial charge is 0.465 e. The zero-order chi connectivity index (χ0) is 30.3. The van der Waals surface area contributed by atoms with Crippen molar-refractivity contribution in [2.75, 3.05) is 50.6 Å². The van der Waals surface area contributed by atoms with Gasteiger partial charge in [-0.3, -0.25) is 15.0 Å². The van der Waals surface area contributed by atoms with E-state index in [1.807, 2.05) is 41.3 Å². The number of rotatable bonds is 9. The molecule has 43 heavy (non-hydrogen) atoms. The van der Waals surface area contributed by atoms with Crippen LogP contribution in [0.2, 0.25) is 0 Å². The number of nitrogens with zero attached hydrogens (tertiary/aromatic N) is 5. The number of nitrogens with one attached hydrogen (secondary N) is 1. The van der Waals surface area contributed by atoms with E-state index in [-0.39, 0.29) is 40.2 Å². The van der Waals surface area contributed by atoms with Gasteiger partial charge in [0.2, 0.25) is 11.6 Å². The molecular formula is C31H30N6O6. The Morgan fingerprint density at radius 2 is 1.37 bits per heavy atom.